The van der Waals surface area contributed by atoms with Gasteiger partial charge in [-0.2, -0.15) is 0 Å². The van der Waals surface area contributed by atoms with E-state index in [-0.39, 0.29) is 0 Å². The largest absolute Gasteiger partial charge is 0.480 e. The molecule has 1 fully saturated rings. The lowest BCUT2D eigenvalue weighted by molar-refractivity contribution is -0.150. The summed E-state index contributed by atoms with van der Waals surface area (Å²) < 4.78 is 0. The third-order valence-electron chi connectivity index (χ3n) is 5.75. The molecule has 0 saturated carbocycles. The summed E-state index contributed by atoms with van der Waals surface area (Å²) in [6.45, 7) is 6.52. The van der Waals surface area contributed by atoms with E-state index in [9.17, 15) is 9.90 Å². The van der Waals surface area contributed by atoms with Gasteiger partial charge in [-0.25, -0.2) is 4.99 Å². The lowest BCUT2D eigenvalue weighted by Crippen LogP contribution is -2.58. The van der Waals surface area contributed by atoms with Crippen molar-refractivity contribution in [3.05, 3.63) is 65.2 Å². The van der Waals surface area contributed by atoms with Gasteiger partial charge in [0.05, 0.1) is 5.69 Å². The highest BCUT2D eigenvalue weighted by atomic mass is 16.4. The molecule has 1 N–H and O–H groups in total. The molecule has 0 unspecified atom stereocenters. The molecule has 2 aromatic rings. The van der Waals surface area contributed by atoms with Gasteiger partial charge in [-0.15, -0.1) is 0 Å². The van der Waals surface area contributed by atoms with Gasteiger partial charge in [0.2, 0.25) is 0 Å². The highest BCUT2D eigenvalue weighted by Gasteiger charge is 2.37. The van der Waals surface area contributed by atoms with Crippen LogP contribution in [0.5, 0.6) is 0 Å². The van der Waals surface area contributed by atoms with E-state index < -0.39 is 11.5 Å². The maximum absolute atomic E-state index is 11.6. The van der Waals surface area contributed by atoms with Crippen LogP contribution >= 0.6 is 0 Å². The van der Waals surface area contributed by atoms with Crippen molar-refractivity contribution in [1.29, 1.82) is 0 Å². The van der Waals surface area contributed by atoms with Crippen molar-refractivity contribution in [2.24, 2.45) is 4.99 Å². The molecule has 27 heavy (non-hydrogen) atoms. The van der Waals surface area contributed by atoms with Crippen LogP contribution in [0.4, 0.5) is 5.69 Å². The Bertz CT molecular complexity index is 896. The number of carbonyl (C=O) groups is 1. The minimum atomic E-state index is -0.845. The second kappa shape index (κ2) is 6.82. The zero-order chi connectivity index (χ0) is 19.0. The molecule has 0 amide bonds. The Morgan fingerprint density at radius 2 is 1.59 bits per heavy atom. The first-order valence-electron chi connectivity index (χ1n) is 9.45. The van der Waals surface area contributed by atoms with Crippen molar-refractivity contribution in [2.45, 2.75) is 25.8 Å². The van der Waals surface area contributed by atoms with E-state index in [1.165, 1.54) is 16.7 Å². The van der Waals surface area contributed by atoms with Crippen molar-refractivity contribution >= 4 is 17.5 Å². The number of aliphatic carboxylic acids is 1. The molecule has 5 heteroatoms. The van der Waals surface area contributed by atoms with Gasteiger partial charge in [0.25, 0.3) is 0 Å². The fourth-order valence-corrected chi connectivity index (χ4v) is 3.90. The second-order valence-electron chi connectivity index (χ2n) is 7.74. The number of carboxylic acids is 1. The maximum atomic E-state index is 11.6. The molecular formula is C22H25N3O2. The van der Waals surface area contributed by atoms with E-state index in [2.05, 4.69) is 47.4 Å². The minimum absolute atomic E-state index is 0.710. The summed E-state index contributed by atoms with van der Waals surface area (Å²) in [7, 11) is 0. The number of amidine groups is 1. The number of nitrogens with zero attached hydrogens (tertiary/aromatic N) is 3. The van der Waals surface area contributed by atoms with Crippen LogP contribution in [0.15, 0.2) is 53.5 Å². The first kappa shape index (κ1) is 17.7. The van der Waals surface area contributed by atoms with E-state index in [0.29, 0.717) is 13.1 Å². The van der Waals surface area contributed by atoms with Gasteiger partial charge < -0.3 is 10.0 Å². The molecular weight excluding hydrogens is 338 g/mol. The number of rotatable bonds is 2. The van der Waals surface area contributed by atoms with Crippen molar-refractivity contribution in [2.75, 3.05) is 26.2 Å². The molecule has 2 aliphatic rings. The Morgan fingerprint density at radius 1 is 0.963 bits per heavy atom. The highest BCUT2D eigenvalue weighted by molar-refractivity contribution is 6.02. The number of fused-ring (bicyclic) bond motifs is 2. The summed E-state index contributed by atoms with van der Waals surface area (Å²) in [6.07, 6.45) is 0.880. The second-order valence-corrected chi connectivity index (χ2v) is 7.74. The summed E-state index contributed by atoms with van der Waals surface area (Å²) >= 11 is 0. The molecule has 0 radical (unpaired) electrons. The van der Waals surface area contributed by atoms with Crippen molar-refractivity contribution in [1.82, 2.24) is 9.80 Å². The lowest BCUT2D eigenvalue weighted by atomic mass is 9.99. The van der Waals surface area contributed by atoms with Crippen LogP contribution in [0.3, 0.4) is 0 Å². The van der Waals surface area contributed by atoms with Crippen LogP contribution in [-0.4, -0.2) is 58.4 Å². The predicted molar refractivity (Wildman–Crippen MR) is 107 cm³/mol. The molecule has 140 valence electrons. The van der Waals surface area contributed by atoms with Gasteiger partial charge >= 0.3 is 5.97 Å². The van der Waals surface area contributed by atoms with Crippen molar-refractivity contribution in [3.63, 3.8) is 0 Å². The Morgan fingerprint density at radius 3 is 2.30 bits per heavy atom. The van der Waals surface area contributed by atoms with Crippen LogP contribution in [0.2, 0.25) is 0 Å². The smallest absolute Gasteiger partial charge is 0.323 e. The molecule has 0 aromatic heterocycles. The zero-order valence-corrected chi connectivity index (χ0v) is 15.9. The number of benzene rings is 2. The number of aliphatic imine (C=N–C) groups is 1. The summed E-state index contributed by atoms with van der Waals surface area (Å²) in [5.41, 5.74) is 3.89. The van der Waals surface area contributed by atoms with Gasteiger partial charge in [0.1, 0.15) is 11.4 Å². The van der Waals surface area contributed by atoms with Crippen LogP contribution in [0, 0.1) is 0 Å². The number of hydrogen-bond acceptors (Lipinski definition) is 4. The maximum Gasteiger partial charge on any atom is 0.323 e. The van der Waals surface area contributed by atoms with Crippen LogP contribution in [0.25, 0.3) is 0 Å². The highest BCUT2D eigenvalue weighted by Crippen LogP contribution is 2.30. The minimum Gasteiger partial charge on any atom is -0.480 e. The first-order chi connectivity index (χ1) is 13.0. The van der Waals surface area contributed by atoms with Crippen molar-refractivity contribution in [3.8, 4) is 0 Å². The fraction of sp³-hybridized carbons (Fsp3) is 0.364. The zero-order valence-electron chi connectivity index (χ0n) is 15.9. The SMILES string of the molecule is CC(C)(C(=O)O)N1CCN(C2=Nc3ccccc3Cc3ccccc32)CC1. The first-order valence-corrected chi connectivity index (χ1v) is 9.45. The molecule has 0 atom stereocenters. The lowest BCUT2D eigenvalue weighted by Gasteiger charge is -2.42. The average molecular weight is 363 g/mol. The number of hydrogen-bond donors (Lipinski definition) is 1. The van der Waals surface area contributed by atoms with Crippen LogP contribution in [0.1, 0.15) is 30.5 Å². The molecule has 2 aromatic carbocycles. The van der Waals surface area contributed by atoms with Crippen molar-refractivity contribution < 1.29 is 9.90 Å². The number of piperazine rings is 1. The van der Waals surface area contributed by atoms with E-state index in [1.807, 2.05) is 11.0 Å². The molecule has 0 aliphatic carbocycles. The average Bonchev–Trinajstić information content (AvgIpc) is 2.84. The normalized spacial score (nSPS) is 17.6. The van der Waals surface area contributed by atoms with Gasteiger partial charge in [-0.05, 0) is 31.0 Å². The van der Waals surface area contributed by atoms with Gasteiger partial charge in [0.15, 0.2) is 0 Å². The standard InChI is InChI=1S/C22H25N3O2/c1-22(2,21(26)27)25-13-11-24(12-14-25)20-18-9-5-3-7-16(18)15-17-8-4-6-10-19(17)23-20/h3-10H,11-15H2,1-2H3,(H,26,27). The summed E-state index contributed by atoms with van der Waals surface area (Å²) in [4.78, 5) is 21.0. The molecule has 4 rings (SSSR count). The molecule has 5 nitrogen and oxygen atoms in total. The number of carboxylic acid groups (broad SMARTS) is 1. The number of para-hydroxylation sites is 1. The predicted octanol–water partition coefficient (Wildman–Crippen LogP) is 3.15. The summed E-state index contributed by atoms with van der Waals surface area (Å²) in [5, 5.41) is 9.51. The Hall–Kier alpha value is -2.66. The quantitative estimate of drug-likeness (QED) is 0.891. The van der Waals surface area contributed by atoms with E-state index >= 15 is 0 Å². The van der Waals surface area contributed by atoms with Crippen LogP contribution in [-0.2, 0) is 11.2 Å². The van der Waals surface area contributed by atoms with Gasteiger partial charge in [-0.3, -0.25) is 9.69 Å². The molecule has 0 spiro atoms. The van der Waals surface area contributed by atoms with E-state index in [0.717, 1.165) is 31.0 Å². The third kappa shape index (κ3) is 3.23. The Labute approximate surface area is 159 Å². The van der Waals surface area contributed by atoms with E-state index in [1.54, 1.807) is 13.8 Å². The monoisotopic (exact) mass is 363 g/mol. The van der Waals surface area contributed by atoms with Gasteiger partial charge in [-0.1, -0.05) is 42.5 Å². The molecule has 2 aliphatic heterocycles. The Balaban J connectivity index is 1.65. The molecule has 2 heterocycles. The summed E-state index contributed by atoms with van der Waals surface area (Å²) in [6, 6.07) is 16.8. The molecule has 0 bridgehead atoms. The third-order valence-corrected chi connectivity index (χ3v) is 5.75. The Kier molecular flexibility index (Phi) is 4.48. The molecule has 1 saturated heterocycles. The topological polar surface area (TPSA) is 56.1 Å². The van der Waals surface area contributed by atoms with Gasteiger partial charge in [0, 0.05) is 38.2 Å². The van der Waals surface area contributed by atoms with Crippen LogP contribution < -0.4 is 0 Å². The van der Waals surface area contributed by atoms with E-state index in [4.69, 9.17) is 4.99 Å². The fourth-order valence-electron chi connectivity index (χ4n) is 3.90. The summed E-state index contributed by atoms with van der Waals surface area (Å²) in [5.74, 6) is 0.227.